The van der Waals surface area contributed by atoms with E-state index < -0.39 is 0 Å². The Morgan fingerprint density at radius 1 is 1.14 bits per heavy atom. The third-order valence-corrected chi connectivity index (χ3v) is 4.41. The van der Waals surface area contributed by atoms with Gasteiger partial charge < -0.3 is 14.4 Å². The van der Waals surface area contributed by atoms with Crippen LogP contribution in [0.4, 0.5) is 5.69 Å². The first-order valence-electron chi connectivity index (χ1n) is 9.98. The molecule has 0 aromatic heterocycles. The summed E-state index contributed by atoms with van der Waals surface area (Å²) in [6, 6.07) is 15.2. The number of methoxy groups -OCH3 is 1. The second kappa shape index (κ2) is 12.3. The van der Waals surface area contributed by atoms with Gasteiger partial charge in [-0.1, -0.05) is 37.6 Å². The summed E-state index contributed by atoms with van der Waals surface area (Å²) in [5.74, 6) is 4.03. The van der Waals surface area contributed by atoms with Crippen LogP contribution >= 0.6 is 0 Å². The lowest BCUT2D eigenvalue weighted by Crippen LogP contribution is -2.30. The van der Waals surface area contributed by atoms with Gasteiger partial charge in [0.15, 0.2) is 0 Å². The van der Waals surface area contributed by atoms with E-state index in [1.54, 1.807) is 24.2 Å². The quantitative estimate of drug-likeness (QED) is 0.295. The number of hydrogen-bond donors (Lipinski definition) is 0. The molecule has 0 bridgehead atoms. The van der Waals surface area contributed by atoms with Gasteiger partial charge in [-0.2, -0.15) is 0 Å². The number of amides is 1. The first-order chi connectivity index (χ1) is 14.2. The predicted molar refractivity (Wildman–Crippen MR) is 119 cm³/mol. The minimum absolute atomic E-state index is 0.107. The van der Waals surface area contributed by atoms with Gasteiger partial charge >= 0.3 is 0 Å². The number of carbonyl (C=O) groups is 1. The molecule has 29 heavy (non-hydrogen) atoms. The molecule has 2 rings (SSSR count). The third-order valence-electron chi connectivity index (χ3n) is 4.41. The molecule has 4 nitrogen and oxygen atoms in total. The summed E-state index contributed by atoms with van der Waals surface area (Å²) in [6.45, 7) is 3.28. The van der Waals surface area contributed by atoms with E-state index in [0.717, 1.165) is 36.3 Å². The monoisotopic (exact) mass is 391 g/mol. The van der Waals surface area contributed by atoms with Gasteiger partial charge in [-0.05, 0) is 48.7 Å². The number of benzene rings is 2. The Balaban J connectivity index is 2.21. The molecular formula is C25H29NO3. The average Bonchev–Trinajstić information content (AvgIpc) is 2.76. The first-order valence-corrected chi connectivity index (χ1v) is 9.98. The van der Waals surface area contributed by atoms with Crippen LogP contribution in [0.15, 0.2) is 54.6 Å². The Morgan fingerprint density at radius 3 is 2.59 bits per heavy atom. The van der Waals surface area contributed by atoms with E-state index in [2.05, 4.69) is 12.8 Å². The van der Waals surface area contributed by atoms with Crippen LogP contribution in [0.2, 0.25) is 0 Å². The van der Waals surface area contributed by atoms with Crippen molar-refractivity contribution in [2.24, 2.45) is 0 Å². The number of hydrogen-bond acceptors (Lipinski definition) is 3. The zero-order chi connectivity index (χ0) is 20.9. The zero-order valence-electron chi connectivity index (χ0n) is 17.3. The molecule has 2 aromatic rings. The summed E-state index contributed by atoms with van der Waals surface area (Å²) < 4.78 is 11.1. The summed E-state index contributed by atoms with van der Waals surface area (Å²) >= 11 is 0. The Bertz CT molecular complexity index is 834. The first kappa shape index (κ1) is 22.1. The van der Waals surface area contributed by atoms with Crippen molar-refractivity contribution in [2.75, 3.05) is 25.2 Å². The molecule has 0 atom stereocenters. The van der Waals surface area contributed by atoms with E-state index in [1.165, 1.54) is 0 Å². The molecule has 0 aliphatic heterocycles. The van der Waals surface area contributed by atoms with Crippen LogP contribution < -0.4 is 14.4 Å². The minimum Gasteiger partial charge on any atom is -0.497 e. The number of nitrogens with zero attached hydrogens (tertiary/aromatic N) is 1. The third kappa shape index (κ3) is 7.04. The van der Waals surface area contributed by atoms with Crippen LogP contribution in [0.1, 0.15) is 38.2 Å². The van der Waals surface area contributed by atoms with Gasteiger partial charge in [0.05, 0.1) is 19.4 Å². The van der Waals surface area contributed by atoms with Crippen LogP contribution in [0, 0.1) is 12.3 Å². The summed E-state index contributed by atoms with van der Waals surface area (Å²) in [5.41, 5.74) is 1.69. The van der Waals surface area contributed by atoms with Gasteiger partial charge in [0, 0.05) is 19.0 Å². The van der Waals surface area contributed by atoms with Gasteiger partial charge in [-0.3, -0.25) is 4.79 Å². The van der Waals surface area contributed by atoms with Crippen molar-refractivity contribution in [3.05, 3.63) is 60.2 Å². The van der Waals surface area contributed by atoms with E-state index in [-0.39, 0.29) is 5.91 Å². The smallest absolute Gasteiger partial charge is 0.251 e. The molecule has 0 spiro atoms. The number of ether oxygens (including phenoxy) is 2. The molecule has 0 N–H and O–H groups in total. The SMILES string of the molecule is C#CCCCN(C(=O)/C=C/c1ccc(OC)cc1)c1ccccc1OCCCC. The van der Waals surface area contributed by atoms with Crippen molar-refractivity contribution >= 4 is 17.7 Å². The van der Waals surface area contributed by atoms with Gasteiger partial charge in [0.25, 0.3) is 5.91 Å². The molecule has 2 aromatic carbocycles. The highest BCUT2D eigenvalue weighted by Crippen LogP contribution is 2.29. The highest BCUT2D eigenvalue weighted by atomic mass is 16.5. The van der Waals surface area contributed by atoms with E-state index in [4.69, 9.17) is 15.9 Å². The molecule has 4 heteroatoms. The maximum Gasteiger partial charge on any atom is 0.251 e. The van der Waals surface area contributed by atoms with Crippen LogP contribution in [0.25, 0.3) is 6.08 Å². The summed E-state index contributed by atoms with van der Waals surface area (Å²) in [6.07, 6.45) is 12.1. The topological polar surface area (TPSA) is 38.8 Å². The molecule has 0 saturated carbocycles. The van der Waals surface area contributed by atoms with Crippen LogP contribution in [0.3, 0.4) is 0 Å². The van der Waals surface area contributed by atoms with Crippen molar-refractivity contribution in [3.8, 4) is 23.8 Å². The fourth-order valence-electron chi connectivity index (χ4n) is 2.79. The lowest BCUT2D eigenvalue weighted by atomic mass is 10.2. The highest BCUT2D eigenvalue weighted by Gasteiger charge is 2.17. The lowest BCUT2D eigenvalue weighted by molar-refractivity contribution is -0.114. The van der Waals surface area contributed by atoms with Crippen LogP contribution in [-0.4, -0.2) is 26.2 Å². The van der Waals surface area contributed by atoms with E-state index >= 15 is 0 Å². The second-order valence-corrected chi connectivity index (χ2v) is 6.57. The van der Waals surface area contributed by atoms with Crippen LogP contribution in [0.5, 0.6) is 11.5 Å². The maximum atomic E-state index is 13.0. The van der Waals surface area contributed by atoms with Crippen molar-refractivity contribution in [1.29, 1.82) is 0 Å². The molecule has 0 heterocycles. The molecule has 0 unspecified atom stereocenters. The standard InChI is InChI=1S/C25H29NO3/c1-4-6-10-19-26(23-11-8-9-12-24(23)29-20-7-5-2)25(27)18-15-21-13-16-22(28-3)17-14-21/h1,8-9,11-18H,5-7,10,19-20H2,2-3H3/b18-15+. The maximum absolute atomic E-state index is 13.0. The number of rotatable bonds is 11. The van der Waals surface area contributed by atoms with Crippen molar-refractivity contribution in [2.45, 2.75) is 32.6 Å². The summed E-state index contributed by atoms with van der Waals surface area (Å²) in [4.78, 5) is 14.8. The molecular weight excluding hydrogens is 362 g/mol. The Morgan fingerprint density at radius 2 is 1.90 bits per heavy atom. The van der Waals surface area contributed by atoms with Crippen molar-refractivity contribution in [1.82, 2.24) is 0 Å². The Kier molecular flexibility index (Phi) is 9.38. The summed E-state index contributed by atoms with van der Waals surface area (Å²) in [7, 11) is 1.63. The molecule has 1 amide bonds. The zero-order valence-corrected chi connectivity index (χ0v) is 17.3. The van der Waals surface area contributed by atoms with Gasteiger partial charge in [-0.15, -0.1) is 12.3 Å². The molecule has 0 saturated heterocycles. The minimum atomic E-state index is -0.107. The van der Waals surface area contributed by atoms with Crippen molar-refractivity contribution < 1.29 is 14.3 Å². The number of terminal acetylenes is 1. The second-order valence-electron chi connectivity index (χ2n) is 6.57. The van der Waals surface area contributed by atoms with Gasteiger partial charge in [-0.25, -0.2) is 0 Å². The normalized spacial score (nSPS) is 10.5. The predicted octanol–water partition coefficient (Wildman–Crippen LogP) is 5.33. The number of unbranched alkanes of at least 4 members (excludes halogenated alkanes) is 2. The number of para-hydroxylation sites is 2. The number of anilines is 1. The fraction of sp³-hybridized carbons (Fsp3) is 0.320. The molecule has 0 aliphatic rings. The van der Waals surface area contributed by atoms with E-state index in [1.807, 2.05) is 48.5 Å². The lowest BCUT2D eigenvalue weighted by Gasteiger charge is -2.24. The van der Waals surface area contributed by atoms with Crippen LogP contribution in [-0.2, 0) is 4.79 Å². The van der Waals surface area contributed by atoms with Gasteiger partial charge in [0.2, 0.25) is 0 Å². The Labute approximate surface area is 174 Å². The molecule has 0 fully saturated rings. The summed E-state index contributed by atoms with van der Waals surface area (Å²) in [5, 5.41) is 0. The molecule has 0 aliphatic carbocycles. The molecule has 0 radical (unpaired) electrons. The van der Waals surface area contributed by atoms with Crippen molar-refractivity contribution in [3.63, 3.8) is 0 Å². The largest absolute Gasteiger partial charge is 0.497 e. The van der Waals surface area contributed by atoms with E-state index in [9.17, 15) is 4.79 Å². The van der Waals surface area contributed by atoms with E-state index in [0.29, 0.717) is 25.3 Å². The number of carbonyl (C=O) groups excluding carboxylic acids is 1. The average molecular weight is 392 g/mol. The molecule has 152 valence electrons. The fourth-order valence-corrected chi connectivity index (χ4v) is 2.79. The van der Waals surface area contributed by atoms with Gasteiger partial charge in [0.1, 0.15) is 11.5 Å². The highest BCUT2D eigenvalue weighted by molar-refractivity contribution is 6.04. The Hall–Kier alpha value is -3.19.